The van der Waals surface area contributed by atoms with Gasteiger partial charge in [0.15, 0.2) is 0 Å². The van der Waals surface area contributed by atoms with Crippen molar-refractivity contribution in [3.8, 4) is 0 Å². The van der Waals surface area contributed by atoms with Crippen LogP contribution >= 0.6 is 0 Å². The molecule has 1 heterocycles. The number of methoxy groups -OCH3 is 1. The van der Waals surface area contributed by atoms with Crippen molar-refractivity contribution in [3.05, 3.63) is 29.8 Å². The van der Waals surface area contributed by atoms with Crippen LogP contribution < -0.4 is 0 Å². The number of carbonyl (C=O) groups is 1. The summed E-state index contributed by atoms with van der Waals surface area (Å²) in [6.07, 6.45) is 1.34. The van der Waals surface area contributed by atoms with Crippen LogP contribution in [0.5, 0.6) is 0 Å². The van der Waals surface area contributed by atoms with Crippen LogP contribution in [0.15, 0.2) is 29.2 Å². The van der Waals surface area contributed by atoms with E-state index in [0.717, 1.165) is 5.56 Å². The van der Waals surface area contributed by atoms with Crippen molar-refractivity contribution >= 4 is 16.0 Å². The predicted octanol–water partition coefficient (Wildman–Crippen LogP) is 1.57. The molecule has 1 fully saturated rings. The molecule has 5 nitrogen and oxygen atoms in total. The van der Waals surface area contributed by atoms with Gasteiger partial charge >= 0.3 is 5.97 Å². The van der Waals surface area contributed by atoms with E-state index in [1.54, 1.807) is 24.3 Å². The lowest BCUT2D eigenvalue weighted by Crippen LogP contribution is -2.42. The molecule has 2 rings (SSSR count). The molecule has 1 saturated heterocycles. The first-order chi connectivity index (χ1) is 9.45. The van der Waals surface area contributed by atoms with Gasteiger partial charge in [0.2, 0.25) is 10.0 Å². The summed E-state index contributed by atoms with van der Waals surface area (Å²) >= 11 is 0. The van der Waals surface area contributed by atoms with Gasteiger partial charge in [-0.1, -0.05) is 17.7 Å². The van der Waals surface area contributed by atoms with E-state index in [1.807, 2.05) is 6.92 Å². The third kappa shape index (κ3) is 3.02. The van der Waals surface area contributed by atoms with Crippen LogP contribution in [0, 0.1) is 12.8 Å². The maximum atomic E-state index is 12.5. The molecule has 0 bridgehead atoms. The van der Waals surface area contributed by atoms with Crippen molar-refractivity contribution in [2.75, 3.05) is 20.2 Å². The molecule has 1 aliphatic rings. The van der Waals surface area contributed by atoms with Gasteiger partial charge in [-0.15, -0.1) is 0 Å². The van der Waals surface area contributed by atoms with Gasteiger partial charge in [0, 0.05) is 13.1 Å². The standard InChI is InChI=1S/C14H19NO4S/c1-11-5-7-13(8-6-11)20(17,18)15-9-3-4-12(10-15)14(16)19-2/h5-8,12H,3-4,9-10H2,1-2H3/t12-/m0/s1. The van der Waals surface area contributed by atoms with E-state index < -0.39 is 10.0 Å². The molecular weight excluding hydrogens is 278 g/mol. The molecule has 0 amide bonds. The van der Waals surface area contributed by atoms with Crippen LogP contribution in [-0.4, -0.2) is 38.9 Å². The first-order valence-electron chi connectivity index (χ1n) is 6.60. The summed E-state index contributed by atoms with van der Waals surface area (Å²) in [4.78, 5) is 11.8. The largest absolute Gasteiger partial charge is 0.469 e. The number of esters is 1. The molecule has 0 unspecified atom stereocenters. The minimum atomic E-state index is -3.53. The number of aryl methyl sites for hydroxylation is 1. The average Bonchev–Trinajstić information content (AvgIpc) is 2.47. The molecule has 110 valence electrons. The molecule has 1 atom stereocenters. The molecule has 6 heteroatoms. The molecule has 1 aromatic carbocycles. The van der Waals surface area contributed by atoms with E-state index in [0.29, 0.717) is 19.4 Å². The fourth-order valence-corrected chi connectivity index (χ4v) is 3.90. The van der Waals surface area contributed by atoms with Crippen molar-refractivity contribution in [1.29, 1.82) is 0 Å². The second kappa shape index (κ2) is 5.93. The third-order valence-electron chi connectivity index (χ3n) is 3.58. The third-order valence-corrected chi connectivity index (χ3v) is 5.46. The molecule has 0 aliphatic carbocycles. The quantitative estimate of drug-likeness (QED) is 0.794. The molecule has 1 aromatic rings. The topological polar surface area (TPSA) is 63.7 Å². The minimum Gasteiger partial charge on any atom is -0.469 e. The zero-order valence-electron chi connectivity index (χ0n) is 11.7. The Morgan fingerprint density at radius 3 is 2.55 bits per heavy atom. The Morgan fingerprint density at radius 1 is 1.30 bits per heavy atom. The zero-order chi connectivity index (χ0) is 14.8. The Hall–Kier alpha value is -1.40. The van der Waals surface area contributed by atoms with Crippen molar-refractivity contribution in [3.63, 3.8) is 0 Å². The van der Waals surface area contributed by atoms with Crippen molar-refractivity contribution < 1.29 is 17.9 Å². The Kier molecular flexibility index (Phi) is 4.45. The minimum absolute atomic E-state index is 0.197. The van der Waals surface area contributed by atoms with Crippen molar-refractivity contribution in [1.82, 2.24) is 4.31 Å². The van der Waals surface area contributed by atoms with E-state index in [1.165, 1.54) is 11.4 Å². The lowest BCUT2D eigenvalue weighted by atomic mass is 10.0. The summed E-state index contributed by atoms with van der Waals surface area (Å²) in [5.41, 5.74) is 1.01. The molecule has 0 aromatic heterocycles. The van der Waals surface area contributed by atoms with Crippen LogP contribution in [0.1, 0.15) is 18.4 Å². The summed E-state index contributed by atoms with van der Waals surface area (Å²) in [5, 5.41) is 0. The lowest BCUT2D eigenvalue weighted by molar-refractivity contribution is -0.146. The number of rotatable bonds is 3. The van der Waals surface area contributed by atoms with Crippen molar-refractivity contribution in [2.45, 2.75) is 24.7 Å². The van der Waals surface area contributed by atoms with Crippen LogP contribution in [0.4, 0.5) is 0 Å². The van der Waals surface area contributed by atoms with Crippen LogP contribution in [-0.2, 0) is 19.6 Å². The van der Waals surface area contributed by atoms with E-state index >= 15 is 0 Å². The fourth-order valence-electron chi connectivity index (χ4n) is 2.38. The fraction of sp³-hybridized carbons (Fsp3) is 0.500. The second-order valence-corrected chi connectivity index (χ2v) is 6.98. The summed E-state index contributed by atoms with van der Waals surface area (Å²) in [6.45, 7) is 2.55. The second-order valence-electron chi connectivity index (χ2n) is 5.04. The Bertz CT molecular complexity index is 580. The van der Waals surface area contributed by atoms with Gasteiger partial charge in [0.25, 0.3) is 0 Å². The molecule has 0 N–H and O–H groups in total. The number of hydrogen-bond acceptors (Lipinski definition) is 4. The highest BCUT2D eigenvalue weighted by Crippen LogP contribution is 2.24. The highest BCUT2D eigenvalue weighted by atomic mass is 32.2. The number of benzene rings is 1. The first-order valence-corrected chi connectivity index (χ1v) is 8.04. The maximum absolute atomic E-state index is 12.5. The van der Waals surface area contributed by atoms with E-state index in [-0.39, 0.29) is 23.3 Å². The van der Waals surface area contributed by atoms with E-state index in [4.69, 9.17) is 4.74 Å². The number of ether oxygens (including phenoxy) is 1. The monoisotopic (exact) mass is 297 g/mol. The number of hydrogen-bond donors (Lipinski definition) is 0. The zero-order valence-corrected chi connectivity index (χ0v) is 12.5. The maximum Gasteiger partial charge on any atom is 0.309 e. The molecule has 0 spiro atoms. The smallest absolute Gasteiger partial charge is 0.309 e. The predicted molar refractivity (Wildman–Crippen MR) is 74.7 cm³/mol. The van der Waals surface area contributed by atoms with Crippen LogP contribution in [0.25, 0.3) is 0 Å². The van der Waals surface area contributed by atoms with Crippen LogP contribution in [0.3, 0.4) is 0 Å². The van der Waals surface area contributed by atoms with Gasteiger partial charge in [0.1, 0.15) is 0 Å². The molecular formula is C14H19NO4S. The molecule has 20 heavy (non-hydrogen) atoms. The SMILES string of the molecule is COC(=O)[C@H]1CCCN(S(=O)(=O)c2ccc(C)cc2)C1. The Morgan fingerprint density at radius 2 is 1.95 bits per heavy atom. The van der Waals surface area contributed by atoms with Gasteiger partial charge in [-0.05, 0) is 31.9 Å². The molecule has 1 aliphatic heterocycles. The van der Waals surface area contributed by atoms with Gasteiger partial charge < -0.3 is 4.74 Å². The highest BCUT2D eigenvalue weighted by Gasteiger charge is 2.33. The van der Waals surface area contributed by atoms with Gasteiger partial charge in [0.05, 0.1) is 17.9 Å². The van der Waals surface area contributed by atoms with Crippen LogP contribution in [0.2, 0.25) is 0 Å². The Labute approximate surface area is 119 Å². The summed E-state index contributed by atoms with van der Waals surface area (Å²) < 4.78 is 31.1. The number of nitrogens with zero attached hydrogens (tertiary/aromatic N) is 1. The number of carbonyl (C=O) groups excluding carboxylic acids is 1. The summed E-state index contributed by atoms with van der Waals surface area (Å²) in [7, 11) is -2.20. The van der Waals surface area contributed by atoms with Crippen molar-refractivity contribution in [2.24, 2.45) is 5.92 Å². The number of sulfonamides is 1. The van der Waals surface area contributed by atoms with Gasteiger partial charge in [-0.2, -0.15) is 4.31 Å². The summed E-state index contributed by atoms with van der Waals surface area (Å²) in [5.74, 6) is -0.706. The van der Waals surface area contributed by atoms with E-state index in [9.17, 15) is 13.2 Å². The number of piperidine rings is 1. The Balaban J connectivity index is 2.21. The average molecular weight is 297 g/mol. The normalized spacial score (nSPS) is 20.6. The highest BCUT2D eigenvalue weighted by molar-refractivity contribution is 7.89. The van der Waals surface area contributed by atoms with Gasteiger partial charge in [-0.25, -0.2) is 8.42 Å². The molecule has 0 radical (unpaired) electrons. The lowest BCUT2D eigenvalue weighted by Gasteiger charge is -2.30. The molecule has 0 saturated carbocycles. The first kappa shape index (κ1) is 15.0. The summed E-state index contributed by atoms with van der Waals surface area (Å²) in [6, 6.07) is 6.75. The van der Waals surface area contributed by atoms with E-state index in [2.05, 4.69) is 0 Å². The van der Waals surface area contributed by atoms with Gasteiger partial charge in [-0.3, -0.25) is 4.79 Å².